The molecule has 0 radical (unpaired) electrons. The SMILES string of the molecule is CCOC(=O)[C@H](CSC1Cc2ccccc2C1)NC(C)C(=O)N1CCC[C@H]1C(=O)OC(C)(C)C. The Kier molecular flexibility index (Phi) is 9.04. The third-order valence-corrected chi connectivity index (χ3v) is 7.45. The van der Waals surface area contributed by atoms with Crippen molar-refractivity contribution in [3.8, 4) is 0 Å². The Balaban J connectivity index is 1.60. The Hall–Kier alpha value is -2.06. The molecule has 8 heteroatoms. The summed E-state index contributed by atoms with van der Waals surface area (Å²) in [6, 6.07) is 6.64. The fourth-order valence-corrected chi connectivity index (χ4v) is 5.85. The van der Waals surface area contributed by atoms with Crippen LogP contribution in [0.1, 0.15) is 58.6 Å². The molecule has 0 spiro atoms. The fraction of sp³-hybridized carbons (Fsp3) is 0.654. The normalized spacial score (nSPS) is 20.0. The first-order valence-corrected chi connectivity index (χ1v) is 13.3. The van der Waals surface area contributed by atoms with E-state index in [0.29, 0.717) is 24.0 Å². The highest BCUT2D eigenvalue weighted by atomic mass is 32.2. The molecule has 1 aromatic rings. The number of nitrogens with one attached hydrogen (secondary N) is 1. The molecule has 1 saturated heterocycles. The predicted octanol–water partition coefficient (Wildman–Crippen LogP) is 3.13. The van der Waals surface area contributed by atoms with Crippen LogP contribution in [0.2, 0.25) is 0 Å². The summed E-state index contributed by atoms with van der Waals surface area (Å²) < 4.78 is 10.8. The summed E-state index contributed by atoms with van der Waals surface area (Å²) in [6.45, 7) is 9.77. The van der Waals surface area contributed by atoms with Crippen molar-refractivity contribution in [2.75, 3.05) is 18.9 Å². The van der Waals surface area contributed by atoms with Crippen LogP contribution in [0.25, 0.3) is 0 Å². The molecular weight excluding hydrogens is 452 g/mol. The lowest BCUT2D eigenvalue weighted by Gasteiger charge is -2.30. The van der Waals surface area contributed by atoms with Gasteiger partial charge in [0.2, 0.25) is 5.91 Å². The lowest BCUT2D eigenvalue weighted by Crippen LogP contribution is -2.54. The monoisotopic (exact) mass is 490 g/mol. The van der Waals surface area contributed by atoms with Crippen molar-refractivity contribution in [1.82, 2.24) is 10.2 Å². The summed E-state index contributed by atoms with van der Waals surface area (Å²) in [6.07, 6.45) is 3.31. The van der Waals surface area contributed by atoms with Crippen molar-refractivity contribution >= 4 is 29.6 Å². The lowest BCUT2D eigenvalue weighted by molar-refractivity contribution is -0.163. The minimum atomic E-state index is -0.626. The minimum Gasteiger partial charge on any atom is -0.465 e. The van der Waals surface area contributed by atoms with Crippen LogP contribution >= 0.6 is 11.8 Å². The van der Waals surface area contributed by atoms with Crippen molar-refractivity contribution in [3.05, 3.63) is 35.4 Å². The smallest absolute Gasteiger partial charge is 0.329 e. The Morgan fingerprint density at radius 1 is 1.18 bits per heavy atom. The third-order valence-electron chi connectivity index (χ3n) is 6.12. The highest BCUT2D eigenvalue weighted by molar-refractivity contribution is 8.00. The summed E-state index contributed by atoms with van der Waals surface area (Å²) in [5.74, 6) is -0.398. The molecule has 1 heterocycles. The molecule has 34 heavy (non-hydrogen) atoms. The number of thioether (sulfide) groups is 1. The zero-order valence-electron chi connectivity index (χ0n) is 21.0. The number of rotatable bonds is 9. The van der Waals surface area contributed by atoms with Crippen molar-refractivity contribution in [1.29, 1.82) is 0 Å². The molecular formula is C26H38N2O5S. The standard InChI is InChI=1S/C26H38N2O5S/c1-6-32-24(30)21(16-34-20-14-18-10-7-8-11-19(18)15-20)27-17(2)23(29)28-13-9-12-22(28)25(31)33-26(3,4)5/h7-8,10-11,17,20-22,27H,6,9,12-16H2,1-5H3/t17?,21-,22-/m0/s1. The number of hydrogen-bond acceptors (Lipinski definition) is 7. The Morgan fingerprint density at radius 3 is 2.41 bits per heavy atom. The van der Waals surface area contributed by atoms with Gasteiger partial charge in [0, 0.05) is 17.5 Å². The number of benzene rings is 1. The molecule has 2 aliphatic rings. The maximum absolute atomic E-state index is 13.2. The molecule has 0 saturated carbocycles. The average molecular weight is 491 g/mol. The van der Waals surface area contributed by atoms with E-state index in [1.807, 2.05) is 20.8 Å². The molecule has 1 unspecified atom stereocenters. The maximum atomic E-state index is 13.2. The largest absolute Gasteiger partial charge is 0.465 e. The van der Waals surface area contributed by atoms with Gasteiger partial charge in [0.05, 0.1) is 12.6 Å². The molecule has 7 nitrogen and oxygen atoms in total. The topological polar surface area (TPSA) is 84.9 Å². The number of hydrogen-bond donors (Lipinski definition) is 1. The molecule has 0 aromatic heterocycles. The molecule has 1 aromatic carbocycles. The fourth-order valence-electron chi connectivity index (χ4n) is 4.56. The molecule has 1 amide bonds. The Labute approximate surface area is 207 Å². The van der Waals surface area contributed by atoms with Gasteiger partial charge < -0.3 is 14.4 Å². The van der Waals surface area contributed by atoms with Gasteiger partial charge in [-0.25, -0.2) is 4.79 Å². The van der Waals surface area contributed by atoms with Crippen molar-refractivity contribution in [2.45, 2.75) is 89.3 Å². The number of likely N-dealkylation sites (tertiary alicyclic amines) is 1. The number of carbonyl (C=O) groups is 3. The van der Waals surface area contributed by atoms with Gasteiger partial charge in [-0.2, -0.15) is 11.8 Å². The lowest BCUT2D eigenvalue weighted by atomic mass is 10.1. The molecule has 188 valence electrons. The van der Waals surface area contributed by atoms with E-state index in [4.69, 9.17) is 9.47 Å². The van der Waals surface area contributed by atoms with Crippen molar-refractivity contribution < 1.29 is 23.9 Å². The second kappa shape index (κ2) is 11.6. The maximum Gasteiger partial charge on any atom is 0.329 e. The highest BCUT2D eigenvalue weighted by Gasteiger charge is 2.39. The third kappa shape index (κ3) is 6.98. The quantitative estimate of drug-likeness (QED) is 0.533. The van der Waals surface area contributed by atoms with Gasteiger partial charge in [0.15, 0.2) is 0 Å². The molecule has 1 aliphatic carbocycles. The summed E-state index contributed by atoms with van der Waals surface area (Å²) in [4.78, 5) is 40.2. The Morgan fingerprint density at radius 2 is 1.82 bits per heavy atom. The van der Waals surface area contributed by atoms with Crippen molar-refractivity contribution in [2.24, 2.45) is 0 Å². The molecule has 0 bridgehead atoms. The van der Waals surface area contributed by atoms with E-state index in [2.05, 4.69) is 29.6 Å². The van der Waals surface area contributed by atoms with Crippen LogP contribution in [0.4, 0.5) is 0 Å². The zero-order chi connectivity index (χ0) is 24.9. The number of nitrogens with zero attached hydrogens (tertiary/aromatic N) is 1. The molecule has 3 atom stereocenters. The van der Waals surface area contributed by atoms with E-state index in [9.17, 15) is 14.4 Å². The van der Waals surface area contributed by atoms with E-state index >= 15 is 0 Å². The summed E-state index contributed by atoms with van der Waals surface area (Å²) in [7, 11) is 0. The van der Waals surface area contributed by atoms with Crippen LogP contribution in [-0.4, -0.2) is 70.6 Å². The summed E-state index contributed by atoms with van der Waals surface area (Å²) in [5.41, 5.74) is 2.13. The van der Waals surface area contributed by atoms with Crippen LogP contribution in [0.15, 0.2) is 24.3 Å². The van der Waals surface area contributed by atoms with Crippen LogP contribution in [0.3, 0.4) is 0 Å². The summed E-state index contributed by atoms with van der Waals surface area (Å²) >= 11 is 1.74. The second-order valence-corrected chi connectivity index (χ2v) is 11.4. The van der Waals surface area contributed by atoms with Gasteiger partial charge in [-0.15, -0.1) is 0 Å². The zero-order valence-corrected chi connectivity index (χ0v) is 21.8. The van der Waals surface area contributed by atoms with E-state index in [1.54, 1.807) is 30.5 Å². The second-order valence-electron chi connectivity index (χ2n) is 10.0. The number of ether oxygens (including phenoxy) is 2. The molecule has 1 aliphatic heterocycles. The predicted molar refractivity (Wildman–Crippen MR) is 134 cm³/mol. The van der Waals surface area contributed by atoms with Crippen LogP contribution in [0, 0.1) is 0 Å². The van der Waals surface area contributed by atoms with Gasteiger partial charge >= 0.3 is 11.9 Å². The number of fused-ring (bicyclic) bond motifs is 1. The first-order chi connectivity index (χ1) is 16.1. The minimum absolute atomic E-state index is 0.194. The number of esters is 2. The van der Waals surface area contributed by atoms with Gasteiger partial charge in [0.1, 0.15) is 17.7 Å². The molecule has 3 rings (SSSR count). The van der Waals surface area contributed by atoms with Gasteiger partial charge in [0.25, 0.3) is 0 Å². The average Bonchev–Trinajstić information content (AvgIpc) is 3.41. The van der Waals surface area contributed by atoms with Gasteiger partial charge in [-0.1, -0.05) is 24.3 Å². The molecule has 1 fully saturated rings. The van der Waals surface area contributed by atoms with Gasteiger partial charge in [-0.3, -0.25) is 14.9 Å². The first kappa shape index (κ1) is 26.5. The summed E-state index contributed by atoms with van der Waals surface area (Å²) in [5, 5.41) is 3.59. The van der Waals surface area contributed by atoms with Crippen LogP contribution in [0.5, 0.6) is 0 Å². The number of amides is 1. The van der Waals surface area contributed by atoms with Crippen molar-refractivity contribution in [3.63, 3.8) is 0 Å². The van der Waals surface area contributed by atoms with E-state index in [-0.39, 0.29) is 24.5 Å². The van der Waals surface area contributed by atoms with Gasteiger partial charge in [-0.05, 0) is 71.4 Å². The van der Waals surface area contributed by atoms with E-state index in [1.165, 1.54) is 11.1 Å². The molecule has 1 N–H and O–H groups in total. The van der Waals surface area contributed by atoms with E-state index in [0.717, 1.165) is 19.3 Å². The van der Waals surface area contributed by atoms with Crippen LogP contribution < -0.4 is 5.32 Å². The highest BCUT2D eigenvalue weighted by Crippen LogP contribution is 2.30. The van der Waals surface area contributed by atoms with E-state index < -0.39 is 23.7 Å². The number of carbonyl (C=O) groups excluding carboxylic acids is 3. The Bertz CT molecular complexity index is 859. The van der Waals surface area contributed by atoms with Crippen LogP contribution in [-0.2, 0) is 36.7 Å². The first-order valence-electron chi connectivity index (χ1n) is 12.2.